The van der Waals surface area contributed by atoms with Crippen LogP contribution in [0.5, 0.6) is 0 Å². The van der Waals surface area contributed by atoms with E-state index in [1.807, 2.05) is 38.1 Å². The van der Waals surface area contributed by atoms with Crippen molar-refractivity contribution in [1.29, 1.82) is 0 Å². The molecule has 2 rings (SSSR count). The van der Waals surface area contributed by atoms with Crippen LogP contribution in [0.15, 0.2) is 48.5 Å². The first kappa shape index (κ1) is 19.0. The molecule has 0 fully saturated rings. The SMILES string of the molecule is CC(=O)Nc1ccc(NC(=O)C(C)NC(C)c2ccc(Cl)cc2)cc1. The van der Waals surface area contributed by atoms with E-state index >= 15 is 0 Å². The predicted molar refractivity (Wildman–Crippen MR) is 102 cm³/mol. The lowest BCUT2D eigenvalue weighted by Gasteiger charge is -2.20. The minimum Gasteiger partial charge on any atom is -0.326 e. The molecule has 2 aromatic carbocycles. The van der Waals surface area contributed by atoms with Crippen molar-refractivity contribution in [3.63, 3.8) is 0 Å². The van der Waals surface area contributed by atoms with Crippen LogP contribution in [0.3, 0.4) is 0 Å². The Morgan fingerprint density at radius 2 is 1.40 bits per heavy atom. The lowest BCUT2D eigenvalue weighted by atomic mass is 10.1. The standard InChI is InChI=1S/C19H22ClN3O2/c1-12(15-4-6-16(20)7-5-15)21-13(2)19(25)23-18-10-8-17(9-11-18)22-14(3)24/h4-13,21H,1-3H3,(H,22,24)(H,23,25). The Hall–Kier alpha value is -2.37. The summed E-state index contributed by atoms with van der Waals surface area (Å²) in [5, 5.41) is 9.48. The summed E-state index contributed by atoms with van der Waals surface area (Å²) in [5.74, 6) is -0.265. The molecule has 0 spiro atoms. The second kappa shape index (κ2) is 8.65. The highest BCUT2D eigenvalue weighted by molar-refractivity contribution is 6.30. The molecule has 0 aliphatic heterocycles. The van der Waals surface area contributed by atoms with Crippen molar-refractivity contribution < 1.29 is 9.59 Å². The quantitative estimate of drug-likeness (QED) is 0.730. The van der Waals surface area contributed by atoms with Crippen LogP contribution in [0.2, 0.25) is 5.02 Å². The van der Waals surface area contributed by atoms with Gasteiger partial charge in [-0.2, -0.15) is 0 Å². The number of anilines is 2. The second-order valence-electron chi connectivity index (χ2n) is 5.91. The normalized spacial score (nSPS) is 13.0. The number of amides is 2. The highest BCUT2D eigenvalue weighted by Crippen LogP contribution is 2.17. The Kier molecular flexibility index (Phi) is 6.56. The van der Waals surface area contributed by atoms with Gasteiger partial charge in [-0.15, -0.1) is 0 Å². The zero-order chi connectivity index (χ0) is 18.4. The Bertz CT molecular complexity index is 729. The van der Waals surface area contributed by atoms with Crippen LogP contribution in [0, 0.1) is 0 Å². The molecule has 0 aliphatic rings. The van der Waals surface area contributed by atoms with Gasteiger partial charge in [-0.1, -0.05) is 23.7 Å². The molecular weight excluding hydrogens is 338 g/mol. The van der Waals surface area contributed by atoms with Crippen molar-refractivity contribution in [2.75, 3.05) is 10.6 Å². The molecule has 0 aliphatic carbocycles. The first-order chi connectivity index (χ1) is 11.8. The summed E-state index contributed by atoms with van der Waals surface area (Å²) < 4.78 is 0. The summed E-state index contributed by atoms with van der Waals surface area (Å²) in [6, 6.07) is 14.2. The summed E-state index contributed by atoms with van der Waals surface area (Å²) in [4.78, 5) is 23.3. The maximum Gasteiger partial charge on any atom is 0.241 e. The highest BCUT2D eigenvalue weighted by Gasteiger charge is 2.16. The van der Waals surface area contributed by atoms with Crippen LogP contribution in [0.4, 0.5) is 11.4 Å². The van der Waals surface area contributed by atoms with Gasteiger partial charge in [0.25, 0.3) is 0 Å². The van der Waals surface area contributed by atoms with Crippen LogP contribution in [-0.2, 0) is 9.59 Å². The van der Waals surface area contributed by atoms with Gasteiger partial charge in [-0.3, -0.25) is 14.9 Å². The fourth-order valence-corrected chi connectivity index (χ4v) is 2.52. The van der Waals surface area contributed by atoms with Gasteiger partial charge in [-0.25, -0.2) is 0 Å². The Labute approximate surface area is 152 Å². The fourth-order valence-electron chi connectivity index (χ4n) is 2.39. The van der Waals surface area contributed by atoms with E-state index in [-0.39, 0.29) is 23.9 Å². The van der Waals surface area contributed by atoms with Gasteiger partial charge in [0.05, 0.1) is 6.04 Å². The Morgan fingerprint density at radius 3 is 1.92 bits per heavy atom. The van der Waals surface area contributed by atoms with Gasteiger partial charge in [0, 0.05) is 29.4 Å². The van der Waals surface area contributed by atoms with Crippen LogP contribution >= 0.6 is 11.6 Å². The van der Waals surface area contributed by atoms with E-state index in [2.05, 4.69) is 16.0 Å². The average molecular weight is 360 g/mol. The monoisotopic (exact) mass is 359 g/mol. The number of halogens is 1. The van der Waals surface area contributed by atoms with E-state index in [0.717, 1.165) is 5.56 Å². The summed E-state index contributed by atoms with van der Waals surface area (Å²) >= 11 is 5.89. The van der Waals surface area contributed by atoms with Crippen molar-refractivity contribution in [1.82, 2.24) is 5.32 Å². The van der Waals surface area contributed by atoms with Gasteiger partial charge >= 0.3 is 0 Å². The number of hydrogen-bond donors (Lipinski definition) is 3. The van der Waals surface area contributed by atoms with Crippen LogP contribution < -0.4 is 16.0 Å². The Balaban J connectivity index is 1.91. The average Bonchev–Trinajstić information content (AvgIpc) is 2.56. The molecule has 0 bridgehead atoms. The summed E-state index contributed by atoms with van der Waals surface area (Å²) in [7, 11) is 0. The second-order valence-corrected chi connectivity index (χ2v) is 6.35. The first-order valence-corrected chi connectivity index (χ1v) is 8.43. The molecule has 2 unspecified atom stereocenters. The van der Waals surface area contributed by atoms with Gasteiger partial charge in [0.15, 0.2) is 0 Å². The third-order valence-electron chi connectivity index (χ3n) is 3.74. The van der Waals surface area contributed by atoms with Crippen LogP contribution in [0.1, 0.15) is 32.4 Å². The first-order valence-electron chi connectivity index (χ1n) is 8.05. The number of hydrogen-bond acceptors (Lipinski definition) is 3. The molecule has 0 radical (unpaired) electrons. The molecule has 5 nitrogen and oxygen atoms in total. The van der Waals surface area contributed by atoms with Gasteiger partial charge in [-0.05, 0) is 55.8 Å². The fraction of sp³-hybridized carbons (Fsp3) is 0.263. The highest BCUT2D eigenvalue weighted by atomic mass is 35.5. The number of carbonyl (C=O) groups excluding carboxylic acids is 2. The topological polar surface area (TPSA) is 70.2 Å². The molecule has 25 heavy (non-hydrogen) atoms. The summed E-state index contributed by atoms with van der Waals surface area (Å²) in [6.45, 7) is 5.26. The largest absolute Gasteiger partial charge is 0.326 e. The number of rotatable bonds is 6. The minimum absolute atomic E-state index is 0.0140. The van der Waals surface area contributed by atoms with Crippen molar-refractivity contribution >= 4 is 34.8 Å². The number of benzene rings is 2. The van der Waals surface area contributed by atoms with E-state index in [9.17, 15) is 9.59 Å². The van der Waals surface area contributed by atoms with Gasteiger partial charge in [0.1, 0.15) is 0 Å². The molecule has 0 heterocycles. The summed E-state index contributed by atoms with van der Waals surface area (Å²) in [5.41, 5.74) is 2.42. The number of carbonyl (C=O) groups is 2. The minimum atomic E-state index is -0.374. The molecular formula is C19H22ClN3O2. The zero-order valence-corrected chi connectivity index (χ0v) is 15.2. The van der Waals surface area contributed by atoms with Crippen molar-refractivity contribution in [2.24, 2.45) is 0 Å². The molecule has 2 amide bonds. The van der Waals surface area contributed by atoms with Crippen molar-refractivity contribution in [3.8, 4) is 0 Å². The van der Waals surface area contributed by atoms with Crippen LogP contribution in [0.25, 0.3) is 0 Å². The molecule has 132 valence electrons. The Morgan fingerprint density at radius 1 is 0.880 bits per heavy atom. The molecule has 6 heteroatoms. The van der Waals surface area contributed by atoms with E-state index in [0.29, 0.717) is 16.4 Å². The third kappa shape index (κ3) is 5.89. The smallest absolute Gasteiger partial charge is 0.241 e. The maximum absolute atomic E-state index is 12.3. The number of nitrogens with one attached hydrogen (secondary N) is 3. The lowest BCUT2D eigenvalue weighted by molar-refractivity contribution is -0.118. The van der Waals surface area contributed by atoms with Gasteiger partial charge < -0.3 is 10.6 Å². The maximum atomic E-state index is 12.3. The molecule has 0 saturated carbocycles. The molecule has 0 aromatic heterocycles. The summed E-state index contributed by atoms with van der Waals surface area (Å²) in [6.07, 6.45) is 0. The van der Waals surface area contributed by atoms with E-state index in [4.69, 9.17) is 11.6 Å². The van der Waals surface area contributed by atoms with Crippen molar-refractivity contribution in [2.45, 2.75) is 32.9 Å². The zero-order valence-electron chi connectivity index (χ0n) is 14.5. The van der Waals surface area contributed by atoms with E-state index in [1.54, 1.807) is 24.3 Å². The van der Waals surface area contributed by atoms with Gasteiger partial charge in [0.2, 0.25) is 11.8 Å². The van der Waals surface area contributed by atoms with E-state index in [1.165, 1.54) is 6.92 Å². The molecule has 2 aromatic rings. The van der Waals surface area contributed by atoms with Crippen molar-refractivity contribution in [3.05, 3.63) is 59.1 Å². The third-order valence-corrected chi connectivity index (χ3v) is 3.99. The predicted octanol–water partition coefficient (Wildman–Crippen LogP) is 3.98. The molecule has 2 atom stereocenters. The molecule has 3 N–H and O–H groups in total. The lowest BCUT2D eigenvalue weighted by Crippen LogP contribution is -2.39. The van der Waals surface area contributed by atoms with E-state index < -0.39 is 0 Å². The van der Waals surface area contributed by atoms with Crippen LogP contribution in [-0.4, -0.2) is 17.9 Å². The molecule has 0 saturated heterocycles.